The molecule has 2 aromatic rings. The van der Waals surface area contributed by atoms with Gasteiger partial charge < -0.3 is 14.4 Å². The molecule has 1 fully saturated rings. The average molecular weight is 475 g/mol. The summed E-state index contributed by atoms with van der Waals surface area (Å²) < 4.78 is 13.6. The molecule has 9 heteroatoms. The highest BCUT2D eigenvalue weighted by Crippen LogP contribution is 2.39. The zero-order valence-corrected chi connectivity index (χ0v) is 21.7. The Morgan fingerprint density at radius 2 is 1.79 bits per heavy atom. The van der Waals surface area contributed by atoms with Crippen LogP contribution in [0.15, 0.2) is 6.07 Å². The lowest BCUT2D eigenvalue weighted by molar-refractivity contribution is -0.191. The summed E-state index contributed by atoms with van der Waals surface area (Å²) in [4.78, 5) is 36.5. The van der Waals surface area contributed by atoms with E-state index >= 15 is 0 Å². The normalized spacial score (nSPS) is 16.4. The molecule has 188 valence electrons. The summed E-state index contributed by atoms with van der Waals surface area (Å²) in [5.41, 5.74) is 3.09. The van der Waals surface area contributed by atoms with Gasteiger partial charge in [0.25, 0.3) is 0 Å². The molecule has 0 radical (unpaired) electrons. The van der Waals surface area contributed by atoms with Crippen LogP contribution in [0, 0.1) is 12.3 Å². The van der Waals surface area contributed by atoms with Gasteiger partial charge in [0.1, 0.15) is 5.82 Å². The first kappa shape index (κ1) is 27.5. The van der Waals surface area contributed by atoms with Crippen molar-refractivity contribution in [1.82, 2.24) is 14.6 Å². The van der Waals surface area contributed by atoms with E-state index in [2.05, 4.69) is 25.7 Å². The van der Waals surface area contributed by atoms with Crippen molar-refractivity contribution in [3.8, 4) is 0 Å². The highest BCUT2D eigenvalue weighted by Gasteiger charge is 2.37. The van der Waals surface area contributed by atoms with Crippen LogP contribution in [-0.4, -0.2) is 52.0 Å². The minimum absolute atomic E-state index is 0.250. The van der Waals surface area contributed by atoms with Gasteiger partial charge in [-0.2, -0.15) is 19.2 Å². The van der Waals surface area contributed by atoms with Crippen molar-refractivity contribution in [2.45, 2.75) is 86.4 Å². The Labute approximate surface area is 201 Å². The number of piperidine rings is 1. The fraction of sp³-hybridized carbons (Fsp3) is 0.680. The molecule has 0 saturated carbocycles. The van der Waals surface area contributed by atoms with E-state index in [1.54, 1.807) is 0 Å². The highest BCUT2D eigenvalue weighted by atomic mass is 16.6. The Balaban J connectivity index is 0.00000129. The molecular weight excluding hydrogens is 436 g/mol. The second-order valence-corrected chi connectivity index (χ2v) is 10.3. The quantitative estimate of drug-likeness (QED) is 0.578. The minimum Gasteiger partial charge on any atom is -0.464 e. The average Bonchev–Trinajstić information content (AvgIpc) is 3.14. The SMILES string of the molecule is CCOC(=O)[C@@H](OC(C)(C)C)c1c(C)nc2cc(CC)nn2c1N1CCC(C)(C)CC1.O=C=O. The summed E-state index contributed by atoms with van der Waals surface area (Å²) in [6.07, 6.45) is 2.35. The molecule has 0 spiro atoms. The molecule has 0 N–H and O–H groups in total. The summed E-state index contributed by atoms with van der Waals surface area (Å²) in [6.45, 7) is 18.4. The Kier molecular flexibility index (Phi) is 8.97. The van der Waals surface area contributed by atoms with Crippen molar-refractivity contribution in [2.75, 3.05) is 24.6 Å². The Morgan fingerprint density at radius 3 is 2.29 bits per heavy atom. The maximum absolute atomic E-state index is 13.1. The number of carbonyl (C=O) groups excluding carboxylic acids is 3. The molecule has 2 aromatic heterocycles. The first-order valence-electron chi connectivity index (χ1n) is 11.8. The van der Waals surface area contributed by atoms with Crippen molar-refractivity contribution in [1.29, 1.82) is 0 Å². The van der Waals surface area contributed by atoms with Gasteiger partial charge in [-0.05, 0) is 59.3 Å². The molecule has 0 aromatic carbocycles. The van der Waals surface area contributed by atoms with Gasteiger partial charge in [-0.15, -0.1) is 0 Å². The van der Waals surface area contributed by atoms with Crippen LogP contribution in [0.4, 0.5) is 5.82 Å². The Hall–Kier alpha value is -2.77. The van der Waals surface area contributed by atoms with Crippen molar-refractivity contribution in [3.05, 3.63) is 23.0 Å². The molecule has 1 aliphatic rings. The number of ether oxygens (including phenoxy) is 2. The van der Waals surface area contributed by atoms with Crippen molar-refractivity contribution >= 4 is 23.6 Å². The molecule has 3 rings (SSSR count). The number of hydrogen-bond donors (Lipinski definition) is 0. The van der Waals surface area contributed by atoms with Crippen molar-refractivity contribution in [3.63, 3.8) is 0 Å². The zero-order chi connectivity index (χ0) is 25.7. The van der Waals surface area contributed by atoms with Crippen LogP contribution in [0.5, 0.6) is 0 Å². The van der Waals surface area contributed by atoms with Crippen LogP contribution in [-0.2, 0) is 30.3 Å². The van der Waals surface area contributed by atoms with E-state index in [0.29, 0.717) is 12.0 Å². The molecule has 0 amide bonds. The third-order valence-corrected chi connectivity index (χ3v) is 5.87. The number of aromatic nitrogens is 3. The highest BCUT2D eigenvalue weighted by molar-refractivity contribution is 5.80. The number of nitrogens with zero attached hydrogens (tertiary/aromatic N) is 4. The van der Waals surface area contributed by atoms with Gasteiger partial charge in [0, 0.05) is 24.8 Å². The van der Waals surface area contributed by atoms with Crippen molar-refractivity contribution in [2.24, 2.45) is 5.41 Å². The van der Waals surface area contributed by atoms with Crippen LogP contribution < -0.4 is 4.90 Å². The smallest absolute Gasteiger partial charge is 0.373 e. The van der Waals surface area contributed by atoms with E-state index in [4.69, 9.17) is 29.1 Å². The maximum Gasteiger partial charge on any atom is 0.373 e. The lowest BCUT2D eigenvalue weighted by Crippen LogP contribution is -2.40. The largest absolute Gasteiger partial charge is 0.464 e. The molecular formula is C25H38N4O5. The summed E-state index contributed by atoms with van der Waals surface area (Å²) in [6, 6.07) is 2.03. The van der Waals surface area contributed by atoms with E-state index in [0.717, 1.165) is 60.8 Å². The van der Waals surface area contributed by atoms with Crippen LogP contribution in [0.3, 0.4) is 0 Å². The summed E-state index contributed by atoms with van der Waals surface area (Å²) >= 11 is 0. The van der Waals surface area contributed by atoms with Gasteiger partial charge in [0.05, 0.1) is 23.5 Å². The second kappa shape index (κ2) is 11.1. The zero-order valence-electron chi connectivity index (χ0n) is 21.7. The standard InChI is InChI=1S/C24H38N4O3.CO2/c1-9-17-15-18-25-16(3)19(20(22(29)30-10-2)31-23(4,5)6)21(28(18)26-17)27-13-11-24(7,8)12-14-27;2-1-3/h15,20H,9-14H2,1-8H3;/t20-;/m0./s1. The number of aryl methyl sites for hydroxylation is 2. The van der Waals surface area contributed by atoms with E-state index in [-0.39, 0.29) is 12.1 Å². The van der Waals surface area contributed by atoms with Crippen LogP contribution in [0.1, 0.15) is 84.4 Å². The first-order chi connectivity index (χ1) is 15.9. The van der Waals surface area contributed by atoms with Crippen LogP contribution >= 0.6 is 0 Å². The van der Waals surface area contributed by atoms with E-state index in [1.807, 2.05) is 45.2 Å². The summed E-state index contributed by atoms with van der Waals surface area (Å²) in [5.74, 6) is 0.517. The molecule has 1 aliphatic heterocycles. The topological polar surface area (TPSA) is 103 Å². The Morgan fingerprint density at radius 1 is 1.21 bits per heavy atom. The van der Waals surface area contributed by atoms with Crippen LogP contribution in [0.2, 0.25) is 0 Å². The van der Waals surface area contributed by atoms with Gasteiger partial charge in [-0.25, -0.2) is 9.78 Å². The van der Waals surface area contributed by atoms with E-state index in [9.17, 15) is 4.79 Å². The predicted molar refractivity (Wildman–Crippen MR) is 128 cm³/mol. The van der Waals surface area contributed by atoms with Gasteiger partial charge >= 0.3 is 12.1 Å². The summed E-state index contributed by atoms with van der Waals surface area (Å²) in [7, 11) is 0. The van der Waals surface area contributed by atoms with Crippen LogP contribution in [0.25, 0.3) is 5.65 Å². The molecule has 1 atom stereocenters. The number of anilines is 1. The fourth-order valence-electron chi connectivity index (χ4n) is 4.07. The summed E-state index contributed by atoms with van der Waals surface area (Å²) in [5, 5.41) is 4.83. The predicted octanol–water partition coefficient (Wildman–Crippen LogP) is 4.06. The fourth-order valence-corrected chi connectivity index (χ4v) is 4.07. The third kappa shape index (κ3) is 6.64. The third-order valence-electron chi connectivity index (χ3n) is 5.87. The number of fused-ring (bicyclic) bond motifs is 1. The lowest BCUT2D eigenvalue weighted by Gasteiger charge is -2.39. The second-order valence-electron chi connectivity index (χ2n) is 10.3. The lowest BCUT2D eigenvalue weighted by atomic mass is 9.82. The molecule has 9 nitrogen and oxygen atoms in total. The van der Waals surface area contributed by atoms with Crippen molar-refractivity contribution < 1.29 is 23.9 Å². The Bertz CT molecular complexity index is 1020. The van der Waals surface area contributed by atoms with Gasteiger partial charge in [-0.3, -0.25) is 0 Å². The van der Waals surface area contributed by atoms with Gasteiger partial charge in [0.2, 0.25) is 0 Å². The number of esters is 1. The molecule has 3 heterocycles. The van der Waals surface area contributed by atoms with Gasteiger partial charge in [-0.1, -0.05) is 20.8 Å². The molecule has 0 bridgehead atoms. The molecule has 1 saturated heterocycles. The number of hydrogen-bond acceptors (Lipinski definition) is 8. The number of carbonyl (C=O) groups is 1. The monoisotopic (exact) mass is 474 g/mol. The maximum atomic E-state index is 13.1. The molecule has 0 aliphatic carbocycles. The molecule has 34 heavy (non-hydrogen) atoms. The number of rotatable bonds is 6. The van der Waals surface area contributed by atoms with E-state index in [1.165, 1.54) is 0 Å². The minimum atomic E-state index is -0.865. The molecule has 0 unspecified atom stereocenters. The van der Waals surface area contributed by atoms with E-state index < -0.39 is 11.7 Å². The first-order valence-corrected chi connectivity index (χ1v) is 11.8. The van der Waals surface area contributed by atoms with Gasteiger partial charge in [0.15, 0.2) is 11.8 Å².